The van der Waals surface area contributed by atoms with E-state index >= 15 is 0 Å². The van der Waals surface area contributed by atoms with E-state index in [2.05, 4.69) is 42.2 Å². The number of likely N-dealkylation sites (tertiary alicyclic amines) is 1. The minimum Gasteiger partial charge on any atom is -0.480 e. The normalized spacial score (nSPS) is 18.2. The van der Waals surface area contributed by atoms with Gasteiger partial charge in [0.15, 0.2) is 5.96 Å². The van der Waals surface area contributed by atoms with Crippen molar-refractivity contribution >= 4 is 81.1 Å². The highest BCUT2D eigenvalue weighted by Gasteiger charge is 2.40. The van der Waals surface area contributed by atoms with Gasteiger partial charge < -0.3 is 69.5 Å². The molecule has 25 nitrogen and oxygen atoms in total. The second-order valence-electron chi connectivity index (χ2n) is 20.6. The van der Waals surface area contributed by atoms with Crippen molar-refractivity contribution in [2.75, 3.05) is 30.9 Å². The highest BCUT2D eigenvalue weighted by molar-refractivity contribution is 7.99. The lowest BCUT2D eigenvalue weighted by molar-refractivity contribution is -0.142. The molecule has 6 amide bonds. The van der Waals surface area contributed by atoms with E-state index in [1.165, 1.54) is 35.7 Å². The number of aliphatic imine (C=N–C) groups is 1. The number of nitrogens with two attached hydrogens (primary N) is 3. The molecule has 2 unspecified atom stereocenters. The molecule has 1 aliphatic rings. The summed E-state index contributed by atoms with van der Waals surface area (Å²) < 4.78 is 37.1. The summed E-state index contributed by atoms with van der Waals surface area (Å²) in [5.41, 5.74) is 17.1. The van der Waals surface area contributed by atoms with Crippen LogP contribution in [0.5, 0.6) is 0 Å². The second-order valence-corrected chi connectivity index (χ2v) is 24.0. The third kappa shape index (κ3) is 23.8. The molecular weight excluding hydrogens is 1080 g/mol. The number of guanidine groups is 1. The van der Waals surface area contributed by atoms with Crippen molar-refractivity contribution < 1.29 is 66.3 Å². The Morgan fingerprint density at radius 1 is 0.782 bits per heavy atom. The van der Waals surface area contributed by atoms with Gasteiger partial charge in [0.25, 0.3) is 0 Å². The fourth-order valence-corrected chi connectivity index (χ4v) is 10.3. The number of halogens is 1. The van der Waals surface area contributed by atoms with Crippen LogP contribution in [-0.4, -0.2) is 185 Å². The average molecular weight is 1170 g/mol. The van der Waals surface area contributed by atoms with Crippen LogP contribution in [0.4, 0.5) is 3.89 Å². The van der Waals surface area contributed by atoms with Crippen LogP contribution in [0, 0.1) is 17.8 Å². The van der Waals surface area contributed by atoms with Gasteiger partial charge in [0.1, 0.15) is 36.6 Å². The predicted molar refractivity (Wildman–Crippen MR) is 295 cm³/mol. The largest absolute Gasteiger partial charge is 0.480 e. The van der Waals surface area contributed by atoms with E-state index in [1.807, 2.05) is 6.26 Å². The first kappa shape index (κ1) is 69.2. The number of nitrogens with one attached hydrogen (secondary N) is 7. The number of benzene rings is 1. The van der Waals surface area contributed by atoms with Gasteiger partial charge in [-0.25, -0.2) is 4.79 Å². The standard InChI is InChI=1S/C49H85FN12O13S3/c1-25(2)21-34(42(66)60-36(43(67)59-35(48(72)73)22-26(3)4)24-77-30-13-10-14-31(23-30)78(50,74)75)58-46(70)39(29(8)63)61-41(65)32(15-11-18-54-49(52)53)56-44(68)37-16-12-19-62(37)47(71)28(7)55-40(64)33(17-20-76-9)57-45(69)38(51)27(5)6/h10,13-14,23,25-29,32-39,46-47,58,63,70-71H,11-12,15-22,24,51H2,1-9H3,(H,55,64)(H,56,68)(H,57,69)(H,59,67)(H,60,66)(H,61,65)(H,72,73)(H4,52,53,54)/t28-,29+,32-,33-,34-,35-,36-,37-,38-,39-,46?,47?/m0/s1. The summed E-state index contributed by atoms with van der Waals surface area (Å²) in [5.74, 6) is -6.34. The zero-order valence-electron chi connectivity index (χ0n) is 45.9. The van der Waals surface area contributed by atoms with Gasteiger partial charge in [-0.15, -0.1) is 15.6 Å². The van der Waals surface area contributed by atoms with E-state index in [4.69, 9.17) is 17.2 Å². The van der Waals surface area contributed by atoms with Gasteiger partial charge >= 0.3 is 16.2 Å². The van der Waals surface area contributed by atoms with Crippen molar-refractivity contribution in [2.24, 2.45) is 39.9 Å². The zero-order chi connectivity index (χ0) is 59.2. The number of thioether (sulfide) groups is 2. The molecule has 1 saturated heterocycles. The second kappa shape index (κ2) is 33.6. The van der Waals surface area contributed by atoms with E-state index in [9.17, 15) is 66.3 Å². The monoisotopic (exact) mass is 1160 g/mol. The Morgan fingerprint density at radius 2 is 1.35 bits per heavy atom. The van der Waals surface area contributed by atoms with Crippen LogP contribution >= 0.6 is 23.5 Å². The van der Waals surface area contributed by atoms with Crippen molar-refractivity contribution in [3.63, 3.8) is 0 Å². The minimum absolute atomic E-state index is 0.00400. The number of carboxylic acids is 1. The lowest BCUT2D eigenvalue weighted by atomic mass is 10.0. The maximum atomic E-state index is 14.2. The van der Waals surface area contributed by atoms with E-state index in [-0.39, 0.29) is 86.0 Å². The number of aliphatic hydroxyl groups excluding tert-OH is 3. The number of rotatable bonds is 35. The molecule has 2 rings (SSSR count). The van der Waals surface area contributed by atoms with Gasteiger partial charge in [-0.2, -0.15) is 20.2 Å². The number of hydrogen-bond donors (Lipinski definition) is 14. The number of carbonyl (C=O) groups is 7. The zero-order valence-corrected chi connectivity index (χ0v) is 48.4. The Balaban J connectivity index is 2.39. The molecule has 12 atom stereocenters. The molecule has 1 aliphatic heterocycles. The van der Waals surface area contributed by atoms with Gasteiger partial charge in [-0.05, 0) is 107 Å². The lowest BCUT2D eigenvalue weighted by Gasteiger charge is -2.34. The first-order chi connectivity index (χ1) is 36.4. The topological polar surface area (TPSA) is 412 Å². The summed E-state index contributed by atoms with van der Waals surface area (Å²) >= 11 is 2.34. The molecule has 78 heavy (non-hydrogen) atoms. The molecule has 0 aliphatic carbocycles. The Labute approximate surface area is 465 Å². The SMILES string of the molecule is CSCC[C@H](NC(=O)[C@@H](N)C(C)C)C(=O)N[C@@H](C)C(O)N1CCC[C@H]1C(=O)N[C@@H](CCCN=C(N)N)C(=O)N[C@H](C(O)N[C@@H](CC(C)C)C(=O)N[C@@H](CSc1cccc(S(=O)(=O)F)c1)C(=O)N[C@@H](CC(C)C)C(=O)O)[C@@H](C)O. The third-order valence-corrected chi connectivity index (χ3v) is 15.2. The molecular formula is C49H85FN12O13S3. The minimum atomic E-state index is -5.10. The molecule has 0 bridgehead atoms. The highest BCUT2D eigenvalue weighted by Crippen LogP contribution is 2.25. The first-order valence-electron chi connectivity index (χ1n) is 26.0. The molecule has 1 aromatic rings. The number of aliphatic hydroxyl groups is 3. The average Bonchev–Trinajstić information content (AvgIpc) is 3.85. The smallest absolute Gasteiger partial charge is 0.332 e. The number of carbonyl (C=O) groups excluding carboxylic acids is 6. The van der Waals surface area contributed by atoms with Crippen LogP contribution in [0.25, 0.3) is 0 Å². The Hall–Kier alpha value is -4.88. The van der Waals surface area contributed by atoms with Gasteiger partial charge in [0, 0.05) is 23.7 Å². The molecule has 29 heteroatoms. The quantitative estimate of drug-likeness (QED) is 0.00945. The first-order valence-corrected chi connectivity index (χ1v) is 29.7. The Morgan fingerprint density at radius 3 is 1.91 bits per heavy atom. The molecule has 0 radical (unpaired) electrons. The maximum Gasteiger partial charge on any atom is 0.332 e. The summed E-state index contributed by atoms with van der Waals surface area (Å²) in [6.07, 6.45) is -1.84. The van der Waals surface area contributed by atoms with Crippen LogP contribution < -0.4 is 54.4 Å². The maximum absolute atomic E-state index is 14.2. The predicted octanol–water partition coefficient (Wildman–Crippen LogP) is -1.23. The molecule has 444 valence electrons. The Kier molecular flexibility index (Phi) is 29.9. The van der Waals surface area contributed by atoms with Crippen LogP contribution in [0.3, 0.4) is 0 Å². The van der Waals surface area contributed by atoms with Crippen molar-refractivity contribution in [1.82, 2.24) is 42.1 Å². The van der Waals surface area contributed by atoms with Gasteiger partial charge in [-0.1, -0.05) is 47.6 Å². The fourth-order valence-electron chi connectivity index (χ4n) is 8.27. The van der Waals surface area contributed by atoms with Crippen LogP contribution in [0.15, 0.2) is 39.0 Å². The summed E-state index contributed by atoms with van der Waals surface area (Å²) in [6, 6.07) is -6.08. The summed E-state index contributed by atoms with van der Waals surface area (Å²) in [4.78, 5) is 99.8. The van der Waals surface area contributed by atoms with Crippen LogP contribution in [-0.2, 0) is 43.8 Å². The number of aliphatic carboxylic acids is 1. The van der Waals surface area contributed by atoms with E-state index in [1.54, 1.807) is 48.5 Å². The van der Waals surface area contributed by atoms with Crippen molar-refractivity contribution in [3.05, 3.63) is 24.3 Å². The van der Waals surface area contributed by atoms with Crippen LogP contribution in [0.2, 0.25) is 0 Å². The third-order valence-electron chi connectivity index (χ3n) is 12.6. The molecule has 0 spiro atoms. The van der Waals surface area contributed by atoms with E-state index in [0.29, 0.717) is 12.2 Å². The van der Waals surface area contributed by atoms with Gasteiger partial charge in [0.2, 0.25) is 35.4 Å². The molecule has 1 heterocycles. The molecule has 17 N–H and O–H groups in total. The van der Waals surface area contributed by atoms with Crippen LogP contribution in [0.1, 0.15) is 100 Å². The molecule has 1 aromatic carbocycles. The molecule has 0 saturated carbocycles. The lowest BCUT2D eigenvalue weighted by Crippen LogP contribution is -2.63. The molecule has 0 aromatic heterocycles. The number of carboxylic acid groups (broad SMARTS) is 1. The summed E-state index contributed by atoms with van der Waals surface area (Å²) in [5, 5.41) is 62.6. The van der Waals surface area contributed by atoms with Crippen molar-refractivity contribution in [1.29, 1.82) is 0 Å². The highest BCUT2D eigenvalue weighted by atomic mass is 32.3. The van der Waals surface area contributed by atoms with Crippen molar-refractivity contribution in [2.45, 2.75) is 183 Å². The Bertz CT molecular complexity index is 2280. The van der Waals surface area contributed by atoms with Crippen molar-refractivity contribution in [3.8, 4) is 0 Å². The number of amides is 6. The summed E-state index contributed by atoms with van der Waals surface area (Å²) in [6.45, 7) is 13.6. The number of nitrogens with zero attached hydrogens (tertiary/aromatic N) is 2. The fraction of sp³-hybridized carbons (Fsp3) is 0.714. The summed E-state index contributed by atoms with van der Waals surface area (Å²) in [7, 11) is -5.10. The van der Waals surface area contributed by atoms with Gasteiger partial charge in [0.05, 0.1) is 41.2 Å². The van der Waals surface area contributed by atoms with Gasteiger partial charge in [-0.3, -0.25) is 44.0 Å². The van der Waals surface area contributed by atoms with E-state index < -0.39 is 129 Å². The van der Waals surface area contributed by atoms with E-state index in [0.717, 1.165) is 23.9 Å². The number of hydrogen-bond acceptors (Lipinski definition) is 18. The molecule has 1 fully saturated rings.